The normalized spacial score (nSPS) is 22.7. The van der Waals surface area contributed by atoms with Gasteiger partial charge in [-0.05, 0) is 39.3 Å². The molecule has 3 heteroatoms. The molecule has 1 aliphatic heterocycles. The molecule has 2 rings (SSSR count). The van der Waals surface area contributed by atoms with Crippen LogP contribution < -0.4 is 5.43 Å². The minimum absolute atomic E-state index is 0.0502. The van der Waals surface area contributed by atoms with Gasteiger partial charge in [-0.15, -0.1) is 0 Å². The summed E-state index contributed by atoms with van der Waals surface area (Å²) in [6, 6.07) is 9.61. The zero-order valence-electron chi connectivity index (χ0n) is 11.2. The molecule has 0 saturated carbocycles. The van der Waals surface area contributed by atoms with Crippen LogP contribution in [0.15, 0.2) is 42.5 Å². The number of hydrogen-bond acceptors (Lipinski definition) is 2. The number of carbonyl (C=O) groups is 1. The van der Waals surface area contributed by atoms with Gasteiger partial charge in [0.1, 0.15) is 0 Å². The summed E-state index contributed by atoms with van der Waals surface area (Å²) in [5.41, 5.74) is 3.56. The Labute approximate surface area is 108 Å². The first-order valence-corrected chi connectivity index (χ1v) is 6.34. The largest absolute Gasteiger partial charge is 0.284 e. The lowest BCUT2D eigenvalue weighted by Crippen LogP contribution is -2.58. The highest BCUT2D eigenvalue weighted by molar-refractivity contribution is 5.93. The van der Waals surface area contributed by atoms with Gasteiger partial charge in [0.25, 0.3) is 5.91 Å². The summed E-state index contributed by atoms with van der Waals surface area (Å²) in [5, 5.41) is 2.03. The first-order chi connectivity index (χ1) is 8.50. The van der Waals surface area contributed by atoms with Crippen molar-refractivity contribution >= 4 is 5.91 Å². The van der Waals surface area contributed by atoms with E-state index in [1.807, 2.05) is 35.3 Å². The molecule has 0 fully saturated rings. The van der Waals surface area contributed by atoms with Gasteiger partial charge in [-0.2, -0.15) is 0 Å². The number of benzene rings is 1. The third kappa shape index (κ3) is 2.62. The van der Waals surface area contributed by atoms with Crippen LogP contribution in [0.3, 0.4) is 0 Å². The molecule has 1 unspecified atom stereocenters. The van der Waals surface area contributed by atoms with E-state index in [-0.39, 0.29) is 11.4 Å². The molecule has 96 valence electrons. The van der Waals surface area contributed by atoms with Crippen molar-refractivity contribution < 1.29 is 4.79 Å². The minimum Gasteiger partial charge on any atom is -0.284 e. The molecule has 0 spiro atoms. The highest BCUT2D eigenvalue weighted by atomic mass is 16.2. The Morgan fingerprint density at radius 2 is 2.00 bits per heavy atom. The molecule has 1 amide bonds. The van der Waals surface area contributed by atoms with Gasteiger partial charge in [-0.3, -0.25) is 10.2 Å². The fourth-order valence-electron chi connectivity index (χ4n) is 2.32. The Kier molecular flexibility index (Phi) is 3.53. The standard InChI is InChI=1S/C15H20N2O/c1-12-8-7-11-15(2,3)17(12)16-14(18)13-9-5-4-6-10-13/h4-7,9-12H,8H2,1-3H3,(H,16,18). The fraction of sp³-hybridized carbons (Fsp3) is 0.400. The Bertz CT molecular complexity index is 451. The van der Waals surface area contributed by atoms with Gasteiger partial charge in [-0.25, -0.2) is 5.01 Å². The van der Waals surface area contributed by atoms with E-state index in [0.29, 0.717) is 11.6 Å². The summed E-state index contributed by atoms with van der Waals surface area (Å²) in [5.74, 6) is -0.0502. The van der Waals surface area contributed by atoms with Gasteiger partial charge in [0, 0.05) is 11.6 Å². The lowest BCUT2D eigenvalue weighted by molar-refractivity contribution is 0.0338. The van der Waals surface area contributed by atoms with Crippen LogP contribution in [0, 0.1) is 0 Å². The zero-order chi connectivity index (χ0) is 13.2. The number of nitrogens with one attached hydrogen (secondary N) is 1. The predicted octanol–water partition coefficient (Wildman–Crippen LogP) is 2.76. The molecule has 0 radical (unpaired) electrons. The molecule has 18 heavy (non-hydrogen) atoms. The van der Waals surface area contributed by atoms with E-state index < -0.39 is 0 Å². The van der Waals surface area contributed by atoms with E-state index >= 15 is 0 Å². The van der Waals surface area contributed by atoms with Gasteiger partial charge in [0.05, 0.1) is 5.54 Å². The quantitative estimate of drug-likeness (QED) is 0.811. The summed E-state index contributed by atoms with van der Waals surface area (Å²) in [4.78, 5) is 12.2. The van der Waals surface area contributed by atoms with Crippen molar-refractivity contribution in [1.82, 2.24) is 10.4 Å². The molecular weight excluding hydrogens is 224 g/mol. The minimum atomic E-state index is -0.151. The number of hydrazine groups is 1. The number of hydrogen-bond donors (Lipinski definition) is 1. The number of carbonyl (C=O) groups excluding carboxylic acids is 1. The summed E-state index contributed by atoms with van der Waals surface area (Å²) < 4.78 is 0. The van der Waals surface area contributed by atoms with Crippen molar-refractivity contribution in [2.45, 2.75) is 38.8 Å². The summed E-state index contributed by atoms with van der Waals surface area (Å²) in [7, 11) is 0. The lowest BCUT2D eigenvalue weighted by atomic mass is 9.96. The Morgan fingerprint density at radius 1 is 1.33 bits per heavy atom. The summed E-state index contributed by atoms with van der Waals surface area (Å²) in [6.07, 6.45) is 5.27. The van der Waals surface area contributed by atoms with Crippen LogP contribution in [0.4, 0.5) is 0 Å². The van der Waals surface area contributed by atoms with E-state index in [1.54, 1.807) is 0 Å². The van der Waals surface area contributed by atoms with Gasteiger partial charge >= 0.3 is 0 Å². The Hall–Kier alpha value is -1.61. The molecule has 0 bridgehead atoms. The number of rotatable bonds is 2. The third-order valence-electron chi connectivity index (χ3n) is 3.32. The maximum atomic E-state index is 12.2. The van der Waals surface area contributed by atoms with Crippen LogP contribution in [-0.2, 0) is 0 Å². The molecule has 1 atom stereocenters. The van der Waals surface area contributed by atoms with Crippen LogP contribution >= 0.6 is 0 Å². The molecule has 0 aromatic heterocycles. The summed E-state index contributed by atoms with van der Waals surface area (Å²) in [6.45, 7) is 6.32. The van der Waals surface area contributed by atoms with E-state index in [9.17, 15) is 4.79 Å². The number of amides is 1. The maximum Gasteiger partial charge on any atom is 0.265 e. The van der Waals surface area contributed by atoms with Gasteiger partial charge in [0.2, 0.25) is 0 Å². The molecule has 1 heterocycles. The second-order valence-electron chi connectivity index (χ2n) is 5.32. The molecule has 1 N–H and O–H groups in total. The average Bonchev–Trinajstić information content (AvgIpc) is 2.34. The molecule has 1 aromatic rings. The van der Waals surface area contributed by atoms with Crippen LogP contribution in [0.1, 0.15) is 37.6 Å². The van der Waals surface area contributed by atoms with Gasteiger partial charge in [-0.1, -0.05) is 30.4 Å². The maximum absolute atomic E-state index is 12.2. The van der Waals surface area contributed by atoms with Crippen molar-refractivity contribution in [3.05, 3.63) is 48.0 Å². The van der Waals surface area contributed by atoms with Crippen LogP contribution in [-0.4, -0.2) is 22.5 Å². The van der Waals surface area contributed by atoms with E-state index in [0.717, 1.165) is 6.42 Å². The van der Waals surface area contributed by atoms with E-state index in [2.05, 4.69) is 38.3 Å². The topological polar surface area (TPSA) is 32.3 Å². The SMILES string of the molecule is CC1CC=CC(C)(C)N1NC(=O)c1ccccc1. The van der Waals surface area contributed by atoms with E-state index in [4.69, 9.17) is 0 Å². The van der Waals surface area contributed by atoms with Crippen LogP contribution in [0.2, 0.25) is 0 Å². The second-order valence-corrected chi connectivity index (χ2v) is 5.32. The molecule has 1 aliphatic rings. The highest BCUT2D eigenvalue weighted by Crippen LogP contribution is 2.24. The van der Waals surface area contributed by atoms with Gasteiger partial charge in [0.15, 0.2) is 0 Å². The van der Waals surface area contributed by atoms with Crippen LogP contribution in [0.25, 0.3) is 0 Å². The van der Waals surface area contributed by atoms with Crippen molar-refractivity contribution in [3.63, 3.8) is 0 Å². The first-order valence-electron chi connectivity index (χ1n) is 6.34. The fourth-order valence-corrected chi connectivity index (χ4v) is 2.32. The molecule has 3 nitrogen and oxygen atoms in total. The monoisotopic (exact) mass is 244 g/mol. The smallest absolute Gasteiger partial charge is 0.265 e. The van der Waals surface area contributed by atoms with Crippen molar-refractivity contribution in [3.8, 4) is 0 Å². The average molecular weight is 244 g/mol. The van der Waals surface area contributed by atoms with Crippen LogP contribution in [0.5, 0.6) is 0 Å². The van der Waals surface area contributed by atoms with Crippen molar-refractivity contribution in [2.75, 3.05) is 0 Å². The molecule has 0 aliphatic carbocycles. The van der Waals surface area contributed by atoms with Crippen molar-refractivity contribution in [2.24, 2.45) is 0 Å². The Balaban J connectivity index is 2.14. The highest BCUT2D eigenvalue weighted by Gasteiger charge is 2.32. The first kappa shape index (κ1) is 12.8. The predicted molar refractivity (Wildman–Crippen MR) is 73.0 cm³/mol. The molecular formula is C15H20N2O. The Morgan fingerprint density at radius 3 is 2.61 bits per heavy atom. The number of nitrogens with zero attached hydrogens (tertiary/aromatic N) is 1. The molecule has 0 saturated heterocycles. The lowest BCUT2D eigenvalue weighted by Gasteiger charge is -2.43. The van der Waals surface area contributed by atoms with Crippen molar-refractivity contribution in [1.29, 1.82) is 0 Å². The second kappa shape index (κ2) is 4.94. The summed E-state index contributed by atoms with van der Waals surface area (Å²) >= 11 is 0. The van der Waals surface area contributed by atoms with Gasteiger partial charge < -0.3 is 0 Å². The molecule has 1 aromatic carbocycles. The van der Waals surface area contributed by atoms with E-state index in [1.165, 1.54) is 0 Å². The third-order valence-corrected chi connectivity index (χ3v) is 3.32. The zero-order valence-corrected chi connectivity index (χ0v) is 11.2.